The van der Waals surface area contributed by atoms with Gasteiger partial charge in [0.1, 0.15) is 5.82 Å². The molecule has 1 heterocycles. The molecule has 5 heteroatoms. The second kappa shape index (κ2) is 4.06. The van der Waals surface area contributed by atoms with E-state index in [-0.39, 0.29) is 5.56 Å². The number of anilines is 1. The van der Waals surface area contributed by atoms with Gasteiger partial charge in [0.05, 0.1) is 11.3 Å². The topological polar surface area (TPSA) is 66.9 Å². The molecule has 0 unspecified atom stereocenters. The average molecular weight is 217 g/mol. The normalized spacial score (nSPS) is 10.1. The van der Waals surface area contributed by atoms with E-state index in [9.17, 15) is 9.59 Å². The van der Waals surface area contributed by atoms with E-state index < -0.39 is 0 Å². The minimum atomic E-state index is -0.215. The predicted octanol–water partition coefficient (Wildman–Crippen LogP) is 1.04. The van der Waals surface area contributed by atoms with Crippen LogP contribution in [0.3, 0.4) is 0 Å². The van der Waals surface area contributed by atoms with Crippen molar-refractivity contribution in [3.8, 4) is 5.69 Å². The molecule has 0 spiro atoms. The largest absolute Gasteiger partial charge is 0.313 e. The van der Waals surface area contributed by atoms with Crippen molar-refractivity contribution in [2.45, 2.75) is 6.92 Å². The number of H-pyrrole nitrogens is 1. The van der Waals surface area contributed by atoms with Crippen molar-refractivity contribution in [3.05, 3.63) is 46.2 Å². The summed E-state index contributed by atoms with van der Waals surface area (Å²) in [5, 5.41) is 5.17. The lowest BCUT2D eigenvalue weighted by Gasteiger charge is -2.06. The Bertz CT molecular complexity index is 554. The molecule has 2 aromatic rings. The Morgan fingerprint density at radius 2 is 2.00 bits per heavy atom. The molecule has 0 saturated carbocycles. The molecular formula is C11H11N3O2. The highest BCUT2D eigenvalue weighted by atomic mass is 16.1. The highest BCUT2D eigenvalue weighted by Gasteiger charge is 2.10. The first-order valence-corrected chi connectivity index (χ1v) is 4.81. The summed E-state index contributed by atoms with van der Waals surface area (Å²) >= 11 is 0. The minimum absolute atomic E-state index is 0.215. The first-order chi connectivity index (χ1) is 7.74. The number of benzene rings is 1. The van der Waals surface area contributed by atoms with E-state index in [4.69, 9.17) is 0 Å². The maximum absolute atomic E-state index is 11.5. The summed E-state index contributed by atoms with van der Waals surface area (Å²) in [6.07, 6.45) is 0.551. The van der Waals surface area contributed by atoms with E-state index in [1.165, 1.54) is 0 Å². The van der Waals surface area contributed by atoms with Gasteiger partial charge in [0.2, 0.25) is 6.41 Å². The predicted molar refractivity (Wildman–Crippen MR) is 60.8 cm³/mol. The highest BCUT2D eigenvalue weighted by molar-refractivity contribution is 5.71. The first kappa shape index (κ1) is 10.2. The molecule has 5 nitrogen and oxygen atoms in total. The third kappa shape index (κ3) is 1.63. The molecule has 0 saturated heterocycles. The first-order valence-electron chi connectivity index (χ1n) is 4.81. The fourth-order valence-electron chi connectivity index (χ4n) is 1.52. The van der Waals surface area contributed by atoms with E-state index in [1.54, 1.807) is 11.6 Å². The Kier molecular flexibility index (Phi) is 2.59. The van der Waals surface area contributed by atoms with Crippen LogP contribution in [0.5, 0.6) is 0 Å². The Balaban J connectivity index is 2.61. The number of hydrogen-bond donors (Lipinski definition) is 2. The number of rotatable bonds is 3. The molecule has 2 N–H and O–H groups in total. The van der Waals surface area contributed by atoms with Gasteiger partial charge in [0.15, 0.2) is 0 Å². The number of nitrogens with one attached hydrogen (secondary N) is 2. The van der Waals surface area contributed by atoms with Crippen molar-refractivity contribution in [1.29, 1.82) is 0 Å². The molecule has 0 fully saturated rings. The zero-order valence-corrected chi connectivity index (χ0v) is 8.73. The van der Waals surface area contributed by atoms with Crippen LogP contribution in [0.2, 0.25) is 0 Å². The Morgan fingerprint density at radius 3 is 2.62 bits per heavy atom. The van der Waals surface area contributed by atoms with Crippen molar-refractivity contribution in [3.63, 3.8) is 0 Å². The number of aromatic nitrogens is 2. The van der Waals surface area contributed by atoms with E-state index in [2.05, 4.69) is 10.4 Å². The molecule has 0 aliphatic carbocycles. The fraction of sp³-hybridized carbons (Fsp3) is 0.0909. The number of carbonyl (C=O) groups excluding carboxylic acids is 1. The van der Waals surface area contributed by atoms with Gasteiger partial charge in [-0.2, -0.15) is 0 Å². The van der Waals surface area contributed by atoms with Crippen molar-refractivity contribution < 1.29 is 4.79 Å². The number of nitrogens with zero attached hydrogens (tertiary/aromatic N) is 1. The second-order valence-electron chi connectivity index (χ2n) is 3.35. The van der Waals surface area contributed by atoms with E-state index in [0.29, 0.717) is 17.8 Å². The standard InChI is InChI=1S/C11H11N3O2/c1-8-10(12-7-15)14(13-11(8)16)9-5-3-2-4-6-9/h2-7H,1H3,(H,12,15)(H,13,16). The molecule has 82 valence electrons. The van der Waals surface area contributed by atoms with E-state index >= 15 is 0 Å². The molecule has 1 aromatic heterocycles. The molecule has 0 atom stereocenters. The summed E-state index contributed by atoms with van der Waals surface area (Å²) in [5.74, 6) is 0.464. The van der Waals surface area contributed by atoms with Gasteiger partial charge in [-0.15, -0.1) is 0 Å². The van der Waals surface area contributed by atoms with Gasteiger partial charge in [-0.25, -0.2) is 4.68 Å². The lowest BCUT2D eigenvalue weighted by Crippen LogP contribution is -2.06. The summed E-state index contributed by atoms with van der Waals surface area (Å²) in [4.78, 5) is 22.0. The van der Waals surface area contributed by atoms with Gasteiger partial charge in [0, 0.05) is 0 Å². The molecular weight excluding hydrogens is 206 g/mol. The molecule has 0 radical (unpaired) electrons. The second-order valence-corrected chi connectivity index (χ2v) is 3.35. The Hall–Kier alpha value is -2.30. The minimum Gasteiger partial charge on any atom is -0.313 e. The molecule has 1 amide bonds. The third-order valence-corrected chi connectivity index (χ3v) is 2.34. The van der Waals surface area contributed by atoms with Crippen LogP contribution in [-0.2, 0) is 4.79 Å². The van der Waals surface area contributed by atoms with Crippen molar-refractivity contribution in [1.82, 2.24) is 9.78 Å². The SMILES string of the molecule is Cc1c(NC=O)n(-c2ccccc2)[nH]c1=O. The van der Waals surface area contributed by atoms with Gasteiger partial charge < -0.3 is 5.32 Å². The summed E-state index contributed by atoms with van der Waals surface area (Å²) in [6.45, 7) is 1.66. The van der Waals surface area contributed by atoms with Crippen LogP contribution in [0.25, 0.3) is 5.69 Å². The number of carbonyl (C=O) groups is 1. The van der Waals surface area contributed by atoms with Crippen LogP contribution in [0.1, 0.15) is 5.56 Å². The molecule has 1 aromatic carbocycles. The smallest absolute Gasteiger partial charge is 0.269 e. The van der Waals surface area contributed by atoms with Crippen LogP contribution in [-0.4, -0.2) is 16.2 Å². The van der Waals surface area contributed by atoms with Crippen LogP contribution < -0.4 is 10.9 Å². The maximum Gasteiger partial charge on any atom is 0.269 e. The van der Waals surface area contributed by atoms with E-state index in [0.717, 1.165) is 5.69 Å². The van der Waals surface area contributed by atoms with E-state index in [1.807, 2.05) is 30.3 Å². The van der Waals surface area contributed by atoms with Gasteiger partial charge in [-0.1, -0.05) is 18.2 Å². The zero-order chi connectivity index (χ0) is 11.5. The van der Waals surface area contributed by atoms with Crippen molar-refractivity contribution in [2.75, 3.05) is 5.32 Å². The Morgan fingerprint density at radius 1 is 1.31 bits per heavy atom. The zero-order valence-electron chi connectivity index (χ0n) is 8.73. The monoisotopic (exact) mass is 217 g/mol. The molecule has 0 bridgehead atoms. The fourth-order valence-corrected chi connectivity index (χ4v) is 1.52. The summed E-state index contributed by atoms with van der Waals surface area (Å²) in [6, 6.07) is 9.27. The average Bonchev–Trinajstić information content (AvgIpc) is 2.59. The van der Waals surface area contributed by atoms with Gasteiger partial charge in [-0.05, 0) is 19.1 Å². The molecule has 0 aliphatic rings. The summed E-state index contributed by atoms with van der Waals surface area (Å²) < 4.78 is 1.55. The number of aromatic amines is 1. The van der Waals surface area contributed by atoms with Gasteiger partial charge >= 0.3 is 0 Å². The highest BCUT2D eigenvalue weighted by Crippen LogP contribution is 2.15. The number of amides is 1. The van der Waals surface area contributed by atoms with Crippen LogP contribution >= 0.6 is 0 Å². The van der Waals surface area contributed by atoms with Gasteiger partial charge in [-0.3, -0.25) is 14.7 Å². The quantitative estimate of drug-likeness (QED) is 0.754. The van der Waals surface area contributed by atoms with Crippen molar-refractivity contribution >= 4 is 12.2 Å². The maximum atomic E-state index is 11.5. The van der Waals surface area contributed by atoms with Crippen molar-refractivity contribution in [2.24, 2.45) is 0 Å². The van der Waals surface area contributed by atoms with Gasteiger partial charge in [0.25, 0.3) is 5.56 Å². The summed E-state index contributed by atoms with van der Waals surface area (Å²) in [7, 11) is 0. The third-order valence-electron chi connectivity index (χ3n) is 2.34. The van der Waals surface area contributed by atoms with Crippen LogP contribution in [0.4, 0.5) is 5.82 Å². The summed E-state index contributed by atoms with van der Waals surface area (Å²) in [5.41, 5.74) is 1.06. The number of hydrogen-bond acceptors (Lipinski definition) is 2. The van der Waals surface area contributed by atoms with Crippen LogP contribution in [0.15, 0.2) is 35.1 Å². The number of para-hydroxylation sites is 1. The molecule has 0 aliphatic heterocycles. The molecule has 16 heavy (non-hydrogen) atoms. The lowest BCUT2D eigenvalue weighted by molar-refractivity contribution is -0.105. The van der Waals surface area contributed by atoms with Crippen LogP contribution in [0, 0.1) is 6.92 Å². The molecule has 2 rings (SSSR count). The Labute approximate surface area is 91.7 Å². The lowest BCUT2D eigenvalue weighted by atomic mass is 10.3.